The Morgan fingerprint density at radius 1 is 1.44 bits per heavy atom. The number of rotatable bonds is 6. The fraction of sp³-hybridized carbons (Fsp3) is 0.500. The maximum absolute atomic E-state index is 11.1. The van der Waals surface area contributed by atoms with E-state index in [4.69, 9.17) is 5.11 Å². The SMILES string of the molecule is Cc1ccc(CN[C@@H](CC(C)C)C(=O)O)cc1Br. The molecule has 0 heterocycles. The normalized spacial score (nSPS) is 12.7. The van der Waals surface area contributed by atoms with Gasteiger partial charge in [-0.25, -0.2) is 0 Å². The zero-order valence-corrected chi connectivity index (χ0v) is 12.6. The molecule has 0 radical (unpaired) electrons. The number of benzene rings is 1. The van der Waals surface area contributed by atoms with Crippen LogP contribution in [0, 0.1) is 12.8 Å². The molecule has 1 atom stereocenters. The lowest BCUT2D eigenvalue weighted by Crippen LogP contribution is -2.37. The van der Waals surface area contributed by atoms with Crippen LogP contribution in [0.3, 0.4) is 0 Å². The minimum atomic E-state index is -0.783. The monoisotopic (exact) mass is 313 g/mol. The minimum absolute atomic E-state index is 0.364. The Bertz CT molecular complexity index is 418. The molecule has 0 aliphatic rings. The van der Waals surface area contributed by atoms with Gasteiger partial charge in [0.2, 0.25) is 0 Å². The van der Waals surface area contributed by atoms with Gasteiger partial charge in [0.15, 0.2) is 0 Å². The number of carboxylic acid groups (broad SMARTS) is 1. The molecule has 100 valence electrons. The van der Waals surface area contributed by atoms with Crippen molar-refractivity contribution in [2.45, 2.75) is 39.8 Å². The summed E-state index contributed by atoms with van der Waals surface area (Å²) < 4.78 is 1.05. The Balaban J connectivity index is 2.61. The summed E-state index contributed by atoms with van der Waals surface area (Å²) in [5.41, 5.74) is 2.26. The maximum atomic E-state index is 11.1. The van der Waals surface area contributed by atoms with Crippen LogP contribution in [0.1, 0.15) is 31.4 Å². The van der Waals surface area contributed by atoms with Crippen molar-refractivity contribution in [3.63, 3.8) is 0 Å². The van der Waals surface area contributed by atoms with E-state index in [1.54, 1.807) is 0 Å². The van der Waals surface area contributed by atoms with Crippen LogP contribution in [0.25, 0.3) is 0 Å². The second-order valence-corrected chi connectivity index (χ2v) is 5.84. The summed E-state index contributed by atoms with van der Waals surface area (Å²) in [7, 11) is 0. The van der Waals surface area contributed by atoms with Crippen LogP contribution in [0.2, 0.25) is 0 Å². The molecule has 4 heteroatoms. The first-order valence-electron chi connectivity index (χ1n) is 6.11. The van der Waals surface area contributed by atoms with Gasteiger partial charge in [-0.2, -0.15) is 0 Å². The Morgan fingerprint density at radius 2 is 2.11 bits per heavy atom. The van der Waals surface area contributed by atoms with Gasteiger partial charge < -0.3 is 10.4 Å². The lowest BCUT2D eigenvalue weighted by atomic mass is 10.0. The molecule has 2 N–H and O–H groups in total. The summed E-state index contributed by atoms with van der Waals surface area (Å²) >= 11 is 3.48. The first-order chi connectivity index (χ1) is 8.40. The van der Waals surface area contributed by atoms with Crippen molar-refractivity contribution in [2.24, 2.45) is 5.92 Å². The van der Waals surface area contributed by atoms with Crippen LogP contribution >= 0.6 is 15.9 Å². The molecule has 3 nitrogen and oxygen atoms in total. The third-order valence-electron chi connectivity index (χ3n) is 2.79. The quantitative estimate of drug-likeness (QED) is 0.846. The third kappa shape index (κ3) is 4.78. The molecule has 1 aromatic carbocycles. The summed E-state index contributed by atoms with van der Waals surface area (Å²) in [5, 5.41) is 12.2. The van der Waals surface area contributed by atoms with Crippen LogP contribution in [0.4, 0.5) is 0 Å². The topological polar surface area (TPSA) is 49.3 Å². The molecular formula is C14H20BrNO2. The number of nitrogens with one attached hydrogen (secondary N) is 1. The van der Waals surface area contributed by atoms with Gasteiger partial charge in [0, 0.05) is 11.0 Å². The smallest absolute Gasteiger partial charge is 0.320 e. The van der Waals surface area contributed by atoms with Gasteiger partial charge >= 0.3 is 5.97 Å². The lowest BCUT2D eigenvalue weighted by molar-refractivity contribution is -0.140. The molecule has 0 spiro atoms. The van der Waals surface area contributed by atoms with E-state index in [0.717, 1.165) is 10.0 Å². The van der Waals surface area contributed by atoms with Crippen molar-refractivity contribution in [3.05, 3.63) is 33.8 Å². The van der Waals surface area contributed by atoms with Gasteiger partial charge in [-0.3, -0.25) is 4.79 Å². The Hall–Kier alpha value is -0.870. The van der Waals surface area contributed by atoms with Crippen molar-refractivity contribution < 1.29 is 9.90 Å². The molecule has 0 fully saturated rings. The molecule has 0 bridgehead atoms. The molecule has 0 saturated heterocycles. The van der Waals surface area contributed by atoms with Gasteiger partial charge in [0.1, 0.15) is 6.04 Å². The van der Waals surface area contributed by atoms with Gasteiger partial charge in [-0.1, -0.05) is 41.9 Å². The van der Waals surface area contributed by atoms with Crippen molar-refractivity contribution in [1.29, 1.82) is 0 Å². The van der Waals surface area contributed by atoms with E-state index in [1.165, 1.54) is 5.56 Å². The highest BCUT2D eigenvalue weighted by Crippen LogP contribution is 2.17. The Kier molecular flexibility index (Phi) is 5.82. The van der Waals surface area contributed by atoms with Gasteiger partial charge in [0.05, 0.1) is 0 Å². The molecule has 0 aliphatic heterocycles. The van der Waals surface area contributed by atoms with Crippen molar-refractivity contribution in [3.8, 4) is 0 Å². The van der Waals surface area contributed by atoms with Gasteiger partial charge in [-0.05, 0) is 36.5 Å². The van der Waals surface area contributed by atoms with Crippen LogP contribution in [0.5, 0.6) is 0 Å². The highest BCUT2D eigenvalue weighted by molar-refractivity contribution is 9.10. The number of aryl methyl sites for hydroxylation is 1. The number of halogens is 1. The third-order valence-corrected chi connectivity index (χ3v) is 3.65. The summed E-state index contributed by atoms with van der Waals surface area (Å²) in [6, 6.07) is 5.59. The second kappa shape index (κ2) is 6.90. The first kappa shape index (κ1) is 15.2. The van der Waals surface area contributed by atoms with E-state index in [-0.39, 0.29) is 0 Å². The lowest BCUT2D eigenvalue weighted by Gasteiger charge is -2.16. The summed E-state index contributed by atoms with van der Waals surface area (Å²) in [4.78, 5) is 11.1. The summed E-state index contributed by atoms with van der Waals surface area (Å²) in [5.74, 6) is -0.418. The number of hydrogen-bond acceptors (Lipinski definition) is 2. The zero-order valence-electron chi connectivity index (χ0n) is 11.0. The number of carbonyl (C=O) groups is 1. The van der Waals surface area contributed by atoms with E-state index in [9.17, 15) is 4.79 Å². The molecule has 18 heavy (non-hydrogen) atoms. The molecule has 1 aromatic rings. The zero-order chi connectivity index (χ0) is 13.7. The predicted molar refractivity (Wildman–Crippen MR) is 76.6 cm³/mol. The fourth-order valence-electron chi connectivity index (χ4n) is 1.73. The number of hydrogen-bond donors (Lipinski definition) is 2. The van der Waals surface area contributed by atoms with E-state index in [1.807, 2.05) is 39.0 Å². The average Bonchev–Trinajstić information content (AvgIpc) is 2.28. The minimum Gasteiger partial charge on any atom is -0.480 e. The highest BCUT2D eigenvalue weighted by Gasteiger charge is 2.17. The molecule has 0 aromatic heterocycles. The van der Waals surface area contributed by atoms with Gasteiger partial charge in [-0.15, -0.1) is 0 Å². The van der Waals surface area contributed by atoms with Crippen LogP contribution in [0.15, 0.2) is 22.7 Å². The number of aliphatic carboxylic acids is 1. The Labute approximate surface area is 117 Å². The molecule has 0 unspecified atom stereocenters. The average molecular weight is 314 g/mol. The largest absolute Gasteiger partial charge is 0.480 e. The predicted octanol–water partition coefficient (Wildman–Crippen LogP) is 3.35. The summed E-state index contributed by atoms with van der Waals surface area (Å²) in [6.45, 7) is 6.66. The van der Waals surface area contributed by atoms with Gasteiger partial charge in [0.25, 0.3) is 0 Å². The highest BCUT2D eigenvalue weighted by atomic mass is 79.9. The number of carboxylic acids is 1. The first-order valence-corrected chi connectivity index (χ1v) is 6.90. The standard InChI is InChI=1S/C14H20BrNO2/c1-9(2)6-13(14(17)18)16-8-11-5-4-10(3)12(15)7-11/h4-5,7,9,13,16H,6,8H2,1-3H3,(H,17,18)/t13-/m0/s1. The Morgan fingerprint density at radius 3 is 2.61 bits per heavy atom. The van der Waals surface area contributed by atoms with Crippen LogP contribution in [-0.4, -0.2) is 17.1 Å². The molecule has 1 rings (SSSR count). The van der Waals surface area contributed by atoms with Crippen LogP contribution < -0.4 is 5.32 Å². The molecular weight excluding hydrogens is 294 g/mol. The van der Waals surface area contributed by atoms with Crippen molar-refractivity contribution >= 4 is 21.9 Å². The fourth-order valence-corrected chi connectivity index (χ4v) is 2.16. The van der Waals surface area contributed by atoms with E-state index in [0.29, 0.717) is 18.9 Å². The second-order valence-electron chi connectivity index (χ2n) is 4.98. The molecule has 0 aliphatic carbocycles. The van der Waals surface area contributed by atoms with E-state index >= 15 is 0 Å². The maximum Gasteiger partial charge on any atom is 0.320 e. The van der Waals surface area contributed by atoms with E-state index in [2.05, 4.69) is 21.2 Å². The van der Waals surface area contributed by atoms with Crippen LogP contribution in [-0.2, 0) is 11.3 Å². The van der Waals surface area contributed by atoms with E-state index < -0.39 is 12.0 Å². The summed E-state index contributed by atoms with van der Waals surface area (Å²) in [6.07, 6.45) is 0.641. The van der Waals surface area contributed by atoms with Crippen molar-refractivity contribution in [2.75, 3.05) is 0 Å². The van der Waals surface area contributed by atoms with Crippen molar-refractivity contribution in [1.82, 2.24) is 5.32 Å². The molecule has 0 saturated carbocycles. The molecule has 0 amide bonds.